The van der Waals surface area contributed by atoms with Crippen molar-refractivity contribution >= 4 is 5.97 Å². The molecule has 3 unspecified atom stereocenters. The number of benzene rings is 1. The lowest BCUT2D eigenvalue weighted by Crippen LogP contribution is -2.58. The summed E-state index contributed by atoms with van der Waals surface area (Å²) in [5.74, 6) is 1.91. The van der Waals surface area contributed by atoms with Gasteiger partial charge in [0.15, 0.2) is 0 Å². The highest BCUT2D eigenvalue weighted by atomic mass is 16.5. The lowest BCUT2D eigenvalue weighted by Gasteiger charge is -2.54. The van der Waals surface area contributed by atoms with Crippen LogP contribution in [-0.2, 0) is 16.6 Å². The summed E-state index contributed by atoms with van der Waals surface area (Å²) in [7, 11) is 0. The van der Waals surface area contributed by atoms with E-state index in [1.807, 2.05) is 25.1 Å². The number of nitrogens with zero attached hydrogens (tertiary/aromatic N) is 1. The van der Waals surface area contributed by atoms with E-state index in [0.717, 1.165) is 12.3 Å². The Bertz CT molecular complexity index is 777. The molecule has 144 valence electrons. The third-order valence-corrected chi connectivity index (χ3v) is 7.04. The van der Waals surface area contributed by atoms with Gasteiger partial charge in [0.2, 0.25) is 0 Å². The maximum absolute atomic E-state index is 12.0. The molecule has 4 rings (SSSR count). The van der Waals surface area contributed by atoms with Crippen LogP contribution in [0, 0.1) is 11.8 Å². The van der Waals surface area contributed by atoms with Crippen molar-refractivity contribution in [3.8, 4) is 5.75 Å². The first-order chi connectivity index (χ1) is 13.0. The van der Waals surface area contributed by atoms with Crippen molar-refractivity contribution in [2.75, 3.05) is 13.1 Å². The molecule has 0 aromatic heterocycles. The second-order valence-corrected chi connectivity index (χ2v) is 8.79. The summed E-state index contributed by atoms with van der Waals surface area (Å²) in [6.45, 7) is 9.23. The van der Waals surface area contributed by atoms with Gasteiger partial charge >= 0.3 is 5.97 Å². The van der Waals surface area contributed by atoms with Gasteiger partial charge in [-0.05, 0) is 79.7 Å². The minimum Gasteiger partial charge on any atom is -0.423 e. The number of likely N-dealkylation sites (tertiary alicyclic amines) is 1. The van der Waals surface area contributed by atoms with Crippen molar-refractivity contribution in [2.24, 2.45) is 11.8 Å². The van der Waals surface area contributed by atoms with Gasteiger partial charge in [-0.3, -0.25) is 4.90 Å². The Balaban J connectivity index is 1.56. The van der Waals surface area contributed by atoms with Gasteiger partial charge < -0.3 is 4.74 Å². The Morgan fingerprint density at radius 1 is 1.33 bits per heavy atom. The Morgan fingerprint density at radius 2 is 2.15 bits per heavy atom. The Kier molecular flexibility index (Phi) is 4.98. The molecular weight excluding hydrogens is 334 g/mol. The zero-order valence-corrected chi connectivity index (χ0v) is 16.8. The van der Waals surface area contributed by atoms with Crippen molar-refractivity contribution in [3.05, 3.63) is 53.6 Å². The summed E-state index contributed by atoms with van der Waals surface area (Å²) in [6, 6.07) is 6.92. The van der Waals surface area contributed by atoms with Gasteiger partial charge in [-0.25, -0.2) is 4.79 Å². The summed E-state index contributed by atoms with van der Waals surface area (Å²) < 4.78 is 5.56. The number of allylic oxidation sites excluding steroid dienone is 3. The third kappa shape index (κ3) is 3.62. The summed E-state index contributed by atoms with van der Waals surface area (Å²) in [4.78, 5) is 14.8. The molecule has 1 aromatic rings. The third-order valence-electron chi connectivity index (χ3n) is 7.04. The molecule has 1 aromatic carbocycles. The van der Waals surface area contributed by atoms with E-state index < -0.39 is 0 Å². The molecule has 0 radical (unpaired) electrons. The average Bonchev–Trinajstić information content (AvgIpc) is 3.45. The molecule has 0 N–H and O–H groups in total. The summed E-state index contributed by atoms with van der Waals surface area (Å²) in [6.07, 6.45) is 12.0. The number of ether oxygens (including phenoxy) is 1. The fraction of sp³-hybridized carbons (Fsp3) is 0.542. The molecule has 1 heterocycles. The number of carbonyl (C=O) groups is 1. The number of hydrogen-bond donors (Lipinski definition) is 0. The van der Waals surface area contributed by atoms with Gasteiger partial charge in [0.1, 0.15) is 5.75 Å². The molecule has 0 amide bonds. The second-order valence-electron chi connectivity index (χ2n) is 8.79. The van der Waals surface area contributed by atoms with Gasteiger partial charge in [-0.15, -0.1) is 0 Å². The molecule has 3 nitrogen and oxygen atoms in total. The first-order valence-corrected chi connectivity index (χ1v) is 10.4. The largest absolute Gasteiger partial charge is 0.423 e. The van der Waals surface area contributed by atoms with Crippen LogP contribution in [0.1, 0.15) is 51.2 Å². The number of carbonyl (C=O) groups excluding carboxylic acids is 1. The van der Waals surface area contributed by atoms with Gasteiger partial charge in [0.05, 0.1) is 0 Å². The van der Waals surface area contributed by atoms with Crippen molar-refractivity contribution in [1.82, 2.24) is 4.90 Å². The molecule has 3 heteroatoms. The van der Waals surface area contributed by atoms with Crippen LogP contribution in [0.15, 0.2) is 42.5 Å². The molecule has 1 saturated carbocycles. The summed E-state index contributed by atoms with van der Waals surface area (Å²) in [5.41, 5.74) is 2.99. The second kappa shape index (κ2) is 7.27. The van der Waals surface area contributed by atoms with Crippen LogP contribution < -0.4 is 4.74 Å². The molecule has 27 heavy (non-hydrogen) atoms. The smallest absolute Gasteiger partial charge is 0.336 e. The van der Waals surface area contributed by atoms with Gasteiger partial charge in [-0.1, -0.05) is 38.1 Å². The molecule has 3 atom stereocenters. The quantitative estimate of drug-likeness (QED) is 0.329. The van der Waals surface area contributed by atoms with E-state index in [9.17, 15) is 4.79 Å². The first kappa shape index (κ1) is 18.5. The molecule has 0 spiro atoms. The molecule has 1 aliphatic heterocycles. The van der Waals surface area contributed by atoms with Gasteiger partial charge in [0.25, 0.3) is 0 Å². The minimum atomic E-state index is -0.320. The minimum absolute atomic E-state index is 0.168. The van der Waals surface area contributed by atoms with E-state index in [4.69, 9.17) is 4.74 Å². The van der Waals surface area contributed by atoms with Gasteiger partial charge in [-0.2, -0.15) is 0 Å². The van der Waals surface area contributed by atoms with E-state index in [1.165, 1.54) is 49.6 Å². The lowest BCUT2D eigenvalue weighted by molar-refractivity contribution is -0.129. The van der Waals surface area contributed by atoms with E-state index in [-0.39, 0.29) is 11.4 Å². The first-order valence-electron chi connectivity index (χ1n) is 10.4. The highest BCUT2D eigenvalue weighted by molar-refractivity contribution is 5.84. The fourth-order valence-corrected chi connectivity index (χ4v) is 5.00. The molecule has 2 fully saturated rings. The van der Waals surface area contributed by atoms with Gasteiger partial charge in [0, 0.05) is 18.7 Å². The summed E-state index contributed by atoms with van der Waals surface area (Å²) in [5, 5.41) is 0. The Labute approximate surface area is 163 Å². The highest BCUT2D eigenvalue weighted by Crippen LogP contribution is 2.50. The highest BCUT2D eigenvalue weighted by Gasteiger charge is 2.49. The van der Waals surface area contributed by atoms with Crippen LogP contribution in [0.5, 0.6) is 5.75 Å². The predicted octanol–water partition coefficient (Wildman–Crippen LogP) is 4.66. The van der Waals surface area contributed by atoms with Crippen LogP contribution >= 0.6 is 0 Å². The summed E-state index contributed by atoms with van der Waals surface area (Å²) >= 11 is 0. The average molecular weight is 366 g/mol. The van der Waals surface area contributed by atoms with Crippen LogP contribution in [0.25, 0.3) is 0 Å². The van der Waals surface area contributed by atoms with E-state index in [1.54, 1.807) is 6.08 Å². The van der Waals surface area contributed by atoms with Crippen molar-refractivity contribution in [2.45, 2.75) is 57.9 Å². The molecule has 1 saturated heterocycles. The SMILES string of the molecule is C/C=C/C=C/C(=O)Oc1ccc2c(c1)C1(C)CCN(CC3CC3)C(C2)C1C. The molecule has 2 aliphatic carbocycles. The predicted molar refractivity (Wildman–Crippen MR) is 109 cm³/mol. The Hall–Kier alpha value is -1.87. The number of hydrogen-bond acceptors (Lipinski definition) is 3. The lowest BCUT2D eigenvalue weighted by atomic mass is 9.59. The van der Waals surface area contributed by atoms with E-state index in [0.29, 0.717) is 17.7 Å². The van der Waals surface area contributed by atoms with E-state index >= 15 is 0 Å². The van der Waals surface area contributed by atoms with Crippen molar-refractivity contribution in [3.63, 3.8) is 0 Å². The number of piperidine rings is 1. The molecular formula is C24H31NO2. The van der Waals surface area contributed by atoms with Crippen molar-refractivity contribution < 1.29 is 9.53 Å². The zero-order chi connectivity index (χ0) is 19.0. The number of fused-ring (bicyclic) bond motifs is 4. The zero-order valence-electron chi connectivity index (χ0n) is 16.8. The van der Waals surface area contributed by atoms with Crippen LogP contribution in [0.4, 0.5) is 0 Å². The monoisotopic (exact) mass is 365 g/mol. The fourth-order valence-electron chi connectivity index (χ4n) is 5.00. The number of rotatable bonds is 5. The standard InChI is InChI=1S/C24H31NO2/c1-4-5-6-7-23(26)27-20-11-10-19-14-22-17(2)24(3,21(19)15-20)12-13-25(22)16-18-8-9-18/h4-7,10-11,15,17-18,22H,8-9,12-14,16H2,1-3H3/b5-4+,7-6+. The van der Waals surface area contributed by atoms with Crippen LogP contribution in [0.2, 0.25) is 0 Å². The van der Waals surface area contributed by atoms with Crippen LogP contribution in [0.3, 0.4) is 0 Å². The maximum atomic E-state index is 12.0. The molecule has 3 aliphatic rings. The van der Waals surface area contributed by atoms with Crippen LogP contribution in [-0.4, -0.2) is 30.0 Å². The van der Waals surface area contributed by atoms with E-state index in [2.05, 4.69) is 30.9 Å². The topological polar surface area (TPSA) is 29.5 Å². The molecule has 2 bridgehead atoms. The maximum Gasteiger partial charge on any atom is 0.336 e. The normalized spacial score (nSPS) is 30.6. The number of esters is 1. The Morgan fingerprint density at radius 3 is 2.89 bits per heavy atom. The van der Waals surface area contributed by atoms with Crippen molar-refractivity contribution in [1.29, 1.82) is 0 Å².